The van der Waals surface area contributed by atoms with Crippen molar-refractivity contribution in [1.29, 1.82) is 0 Å². The minimum Gasteiger partial charge on any atom is -0.504 e. The van der Waals surface area contributed by atoms with Crippen molar-refractivity contribution in [3.63, 3.8) is 0 Å². The smallest absolute Gasteiger partial charge is 0.348 e. The number of phenols is 1. The molecule has 1 aromatic heterocycles. The molecule has 0 saturated carbocycles. The van der Waals surface area contributed by atoms with E-state index in [9.17, 15) is 14.7 Å². The number of carboxylic acids is 1. The molecule has 0 fully saturated rings. The van der Waals surface area contributed by atoms with Crippen LogP contribution < -0.4 is 10.1 Å². The normalized spacial score (nSPS) is 10.1. The molecule has 0 spiro atoms. The molecule has 0 aliphatic rings. The number of aryl methyl sites for hydroxylation is 1. The van der Waals surface area contributed by atoms with Crippen molar-refractivity contribution >= 4 is 28.9 Å². The van der Waals surface area contributed by atoms with Gasteiger partial charge >= 0.3 is 5.97 Å². The van der Waals surface area contributed by atoms with E-state index in [2.05, 4.69) is 5.32 Å². The number of hydrogen-bond donors (Lipinski definition) is 3. The average Bonchev–Trinajstić information content (AvgIpc) is 2.79. The van der Waals surface area contributed by atoms with Crippen LogP contribution >= 0.6 is 11.3 Å². The highest BCUT2D eigenvalue weighted by atomic mass is 32.1. The van der Waals surface area contributed by atoms with Crippen molar-refractivity contribution < 1.29 is 24.5 Å². The Hall–Kier alpha value is -2.54. The zero-order valence-corrected chi connectivity index (χ0v) is 11.9. The van der Waals surface area contributed by atoms with Crippen LogP contribution in [0.2, 0.25) is 0 Å². The molecule has 2 aromatic rings. The van der Waals surface area contributed by atoms with E-state index >= 15 is 0 Å². The highest BCUT2D eigenvalue weighted by Crippen LogP contribution is 2.28. The number of nitrogens with one attached hydrogen (secondary N) is 1. The Balaban J connectivity index is 2.01. The average molecular weight is 307 g/mol. The summed E-state index contributed by atoms with van der Waals surface area (Å²) in [7, 11) is 0. The maximum Gasteiger partial charge on any atom is 0.348 e. The number of benzene rings is 1. The summed E-state index contributed by atoms with van der Waals surface area (Å²) < 4.78 is 5.18. The largest absolute Gasteiger partial charge is 0.504 e. The van der Waals surface area contributed by atoms with Gasteiger partial charge in [-0.05, 0) is 30.0 Å². The molecule has 7 heteroatoms. The molecule has 0 aliphatic heterocycles. The van der Waals surface area contributed by atoms with Crippen LogP contribution in [0.5, 0.6) is 11.5 Å². The monoisotopic (exact) mass is 307 g/mol. The van der Waals surface area contributed by atoms with Gasteiger partial charge in [-0.1, -0.05) is 12.1 Å². The van der Waals surface area contributed by atoms with Gasteiger partial charge in [0.1, 0.15) is 4.88 Å². The van der Waals surface area contributed by atoms with Gasteiger partial charge in [-0.25, -0.2) is 4.79 Å². The van der Waals surface area contributed by atoms with Gasteiger partial charge in [0.2, 0.25) is 0 Å². The fourth-order valence-electron chi connectivity index (χ4n) is 1.65. The lowest BCUT2D eigenvalue weighted by Gasteiger charge is -2.09. The summed E-state index contributed by atoms with van der Waals surface area (Å²) in [5.41, 5.74) is 0.951. The van der Waals surface area contributed by atoms with E-state index in [0.29, 0.717) is 5.56 Å². The Kier molecular flexibility index (Phi) is 4.44. The predicted octanol–water partition coefficient (Wildman–Crippen LogP) is 2.48. The summed E-state index contributed by atoms with van der Waals surface area (Å²) in [6.45, 7) is 1.38. The molecule has 21 heavy (non-hydrogen) atoms. The SMILES string of the molecule is Cc1csc(C(=O)O)c1NC(=O)COc1ccccc1O. The van der Waals surface area contributed by atoms with Crippen LogP contribution in [0.4, 0.5) is 5.69 Å². The molecule has 0 atom stereocenters. The van der Waals surface area contributed by atoms with Gasteiger partial charge < -0.3 is 20.3 Å². The minimum atomic E-state index is -1.09. The quantitative estimate of drug-likeness (QED) is 0.788. The van der Waals surface area contributed by atoms with Crippen molar-refractivity contribution in [1.82, 2.24) is 0 Å². The standard InChI is InChI=1S/C14H13NO5S/c1-8-7-21-13(14(18)19)12(8)15-11(17)6-20-10-5-3-2-4-9(10)16/h2-5,7,16H,6H2,1H3,(H,15,17)(H,18,19). The van der Waals surface area contributed by atoms with Gasteiger partial charge in [-0.3, -0.25) is 4.79 Å². The first-order valence-corrected chi connectivity index (χ1v) is 6.89. The van der Waals surface area contributed by atoms with Crippen LogP contribution in [0, 0.1) is 6.92 Å². The molecule has 0 unspecified atom stereocenters. The molecular formula is C14H13NO5S. The second kappa shape index (κ2) is 6.27. The molecular weight excluding hydrogens is 294 g/mol. The van der Waals surface area contributed by atoms with Crippen molar-refractivity contribution in [3.05, 3.63) is 40.1 Å². The number of carbonyl (C=O) groups is 2. The lowest BCUT2D eigenvalue weighted by Crippen LogP contribution is -2.21. The number of anilines is 1. The summed E-state index contributed by atoms with van der Waals surface area (Å²) in [6.07, 6.45) is 0. The molecule has 0 radical (unpaired) electrons. The predicted molar refractivity (Wildman–Crippen MR) is 78.2 cm³/mol. The van der Waals surface area contributed by atoms with E-state index in [1.54, 1.807) is 24.4 Å². The van der Waals surface area contributed by atoms with Crippen LogP contribution in [0.1, 0.15) is 15.2 Å². The van der Waals surface area contributed by atoms with Gasteiger partial charge in [-0.15, -0.1) is 11.3 Å². The number of amides is 1. The van der Waals surface area contributed by atoms with Gasteiger partial charge in [0.25, 0.3) is 5.91 Å². The first-order valence-electron chi connectivity index (χ1n) is 6.01. The Morgan fingerprint density at radius 2 is 2.05 bits per heavy atom. The maximum atomic E-state index is 11.8. The second-order valence-corrected chi connectivity index (χ2v) is 5.11. The summed E-state index contributed by atoms with van der Waals surface area (Å²) in [4.78, 5) is 22.9. The third-order valence-electron chi connectivity index (χ3n) is 2.66. The molecule has 0 bridgehead atoms. The van der Waals surface area contributed by atoms with E-state index in [4.69, 9.17) is 9.84 Å². The Bertz CT molecular complexity index is 680. The fraction of sp³-hybridized carbons (Fsp3) is 0.143. The van der Waals surface area contributed by atoms with Crippen LogP contribution in [-0.4, -0.2) is 28.7 Å². The van der Waals surface area contributed by atoms with Crippen molar-refractivity contribution in [3.8, 4) is 11.5 Å². The third-order valence-corrected chi connectivity index (χ3v) is 3.74. The number of aromatic hydroxyl groups is 1. The number of para-hydroxylation sites is 2. The molecule has 0 aliphatic carbocycles. The lowest BCUT2D eigenvalue weighted by atomic mass is 10.2. The third kappa shape index (κ3) is 3.51. The van der Waals surface area contributed by atoms with Gasteiger partial charge in [0.05, 0.1) is 5.69 Å². The topological polar surface area (TPSA) is 95.9 Å². The number of ether oxygens (including phenoxy) is 1. The summed E-state index contributed by atoms with van der Waals surface area (Å²) >= 11 is 1.05. The molecule has 0 saturated heterocycles. The first kappa shape index (κ1) is 14.9. The molecule has 3 N–H and O–H groups in total. The van der Waals surface area contributed by atoms with E-state index in [0.717, 1.165) is 11.3 Å². The van der Waals surface area contributed by atoms with E-state index in [1.165, 1.54) is 12.1 Å². The highest BCUT2D eigenvalue weighted by Gasteiger charge is 2.17. The zero-order valence-electron chi connectivity index (χ0n) is 11.1. The molecule has 6 nitrogen and oxygen atoms in total. The maximum absolute atomic E-state index is 11.8. The number of aromatic carboxylic acids is 1. The van der Waals surface area contributed by atoms with E-state index in [-0.39, 0.29) is 28.7 Å². The van der Waals surface area contributed by atoms with Crippen LogP contribution in [0.25, 0.3) is 0 Å². The van der Waals surface area contributed by atoms with Gasteiger partial charge in [-0.2, -0.15) is 0 Å². The number of carbonyl (C=O) groups excluding carboxylic acids is 1. The number of carboxylic acid groups (broad SMARTS) is 1. The molecule has 110 valence electrons. The van der Waals surface area contributed by atoms with E-state index in [1.807, 2.05) is 0 Å². The summed E-state index contributed by atoms with van der Waals surface area (Å²) in [5.74, 6) is -1.47. The number of rotatable bonds is 5. The van der Waals surface area contributed by atoms with Gasteiger partial charge in [0.15, 0.2) is 18.1 Å². The number of phenolic OH excluding ortho intramolecular Hbond substituents is 1. The number of hydrogen-bond acceptors (Lipinski definition) is 5. The molecule has 1 aromatic carbocycles. The summed E-state index contributed by atoms with van der Waals surface area (Å²) in [5, 5.41) is 22.7. The fourth-order valence-corrected chi connectivity index (χ4v) is 2.50. The van der Waals surface area contributed by atoms with Crippen LogP contribution in [-0.2, 0) is 4.79 Å². The first-order chi connectivity index (χ1) is 9.99. The Morgan fingerprint density at radius 1 is 1.33 bits per heavy atom. The minimum absolute atomic E-state index is 0.0664. The summed E-state index contributed by atoms with van der Waals surface area (Å²) in [6, 6.07) is 6.27. The lowest BCUT2D eigenvalue weighted by molar-refractivity contribution is -0.118. The van der Waals surface area contributed by atoms with E-state index < -0.39 is 11.9 Å². The van der Waals surface area contributed by atoms with Crippen molar-refractivity contribution in [2.75, 3.05) is 11.9 Å². The van der Waals surface area contributed by atoms with Crippen molar-refractivity contribution in [2.45, 2.75) is 6.92 Å². The van der Waals surface area contributed by atoms with Crippen LogP contribution in [0.15, 0.2) is 29.6 Å². The van der Waals surface area contributed by atoms with Crippen LogP contribution in [0.3, 0.4) is 0 Å². The Morgan fingerprint density at radius 3 is 2.71 bits per heavy atom. The molecule has 1 amide bonds. The van der Waals surface area contributed by atoms with Crippen molar-refractivity contribution in [2.24, 2.45) is 0 Å². The molecule has 1 heterocycles. The number of thiophene rings is 1. The highest BCUT2D eigenvalue weighted by molar-refractivity contribution is 7.12. The molecule has 2 rings (SSSR count). The van der Waals surface area contributed by atoms with Gasteiger partial charge in [0, 0.05) is 0 Å². The second-order valence-electron chi connectivity index (χ2n) is 4.23. The zero-order chi connectivity index (χ0) is 15.4. The Labute approximate surface area is 124 Å².